The van der Waals surface area contributed by atoms with Gasteiger partial charge in [-0.25, -0.2) is 5.26 Å². The highest BCUT2D eigenvalue weighted by atomic mass is 16.3. The Morgan fingerprint density at radius 3 is 2.55 bits per heavy atom. The summed E-state index contributed by atoms with van der Waals surface area (Å²) in [6.45, 7) is 2.23. The molecular weight excluding hydrogens is 251 g/mol. The normalized spacial score (nSPS) is 21.1. The second-order valence-corrected chi connectivity index (χ2v) is 6.25. The Balaban J connectivity index is 1.70. The van der Waals surface area contributed by atoms with Crippen molar-refractivity contribution in [1.29, 1.82) is 5.26 Å². The summed E-state index contributed by atoms with van der Waals surface area (Å²) in [7, 11) is 0. The van der Waals surface area contributed by atoms with E-state index in [2.05, 4.69) is 10.9 Å². The molecule has 2 N–H and O–H groups in total. The molecule has 20 heavy (non-hydrogen) atoms. The van der Waals surface area contributed by atoms with Gasteiger partial charge in [0.15, 0.2) is 11.5 Å². The van der Waals surface area contributed by atoms with Crippen molar-refractivity contribution in [3.63, 3.8) is 0 Å². The Bertz CT molecular complexity index is 547. The fraction of sp³-hybridized carbons (Fsp3) is 0.533. The summed E-state index contributed by atoms with van der Waals surface area (Å²) in [5.41, 5.74) is 1.32. The highest BCUT2D eigenvalue weighted by Gasteiger charge is 2.42. The lowest BCUT2D eigenvalue weighted by molar-refractivity contribution is 0.289. The minimum atomic E-state index is -0.0720. The molecule has 2 heterocycles. The molecule has 0 aromatic heterocycles. The summed E-state index contributed by atoms with van der Waals surface area (Å²) in [6.07, 6.45) is 5.46. The molecule has 0 aliphatic carbocycles. The number of rotatable bonds is 1. The third-order valence-electron chi connectivity index (χ3n) is 4.99. The topological polar surface area (TPSA) is 67.5 Å². The Kier molecular flexibility index (Phi) is 3.25. The van der Waals surface area contributed by atoms with Crippen LogP contribution in [0.1, 0.15) is 19.3 Å². The third-order valence-corrected chi connectivity index (χ3v) is 4.99. The smallest absolute Gasteiger partial charge is 0.267 e. The van der Waals surface area contributed by atoms with Crippen LogP contribution < -0.4 is 4.90 Å². The number of hydrogen-bond acceptors (Lipinski definition) is 4. The van der Waals surface area contributed by atoms with E-state index in [1.165, 1.54) is 0 Å². The van der Waals surface area contributed by atoms with E-state index in [-0.39, 0.29) is 18.2 Å². The Morgan fingerprint density at radius 1 is 1.15 bits per heavy atom. The van der Waals surface area contributed by atoms with Crippen LogP contribution in [0.3, 0.4) is 0 Å². The molecule has 4 nitrogen and oxygen atoms in total. The average Bonchev–Trinajstić information content (AvgIpc) is 2.87. The number of nitrogens with zero attached hydrogens (tertiary/aromatic N) is 2. The molecule has 0 unspecified atom stereocenters. The molecule has 1 spiro atoms. The second-order valence-electron chi connectivity index (χ2n) is 6.25. The average molecular weight is 270 g/mol. The summed E-state index contributed by atoms with van der Waals surface area (Å²) in [5.74, 6) is 2.26. The molecule has 5 heteroatoms. The Morgan fingerprint density at radius 2 is 1.90 bits per heavy atom. The van der Waals surface area contributed by atoms with Gasteiger partial charge in [0.05, 0.1) is 0 Å². The summed E-state index contributed by atoms with van der Waals surface area (Å²) >= 11 is 0. The second kappa shape index (κ2) is 4.94. The predicted molar refractivity (Wildman–Crippen MR) is 79.2 cm³/mol. The van der Waals surface area contributed by atoms with Crippen LogP contribution >= 0.6 is 0 Å². The first-order valence-electron chi connectivity index (χ1n) is 7.28. The van der Waals surface area contributed by atoms with Crippen LogP contribution in [0.2, 0.25) is 12.6 Å². The van der Waals surface area contributed by atoms with Gasteiger partial charge < -0.3 is 15.1 Å². The lowest BCUT2D eigenvalue weighted by Gasteiger charge is -2.34. The van der Waals surface area contributed by atoms with Crippen molar-refractivity contribution in [3.8, 4) is 17.5 Å². The molecule has 2 fully saturated rings. The lowest BCUT2D eigenvalue weighted by Crippen LogP contribution is -2.33. The number of aromatic hydroxyl groups is 2. The number of anilines is 1. The summed E-state index contributed by atoms with van der Waals surface area (Å²) in [4.78, 5) is 2.28. The Labute approximate surface area is 119 Å². The van der Waals surface area contributed by atoms with Crippen LogP contribution in [-0.2, 0) is 0 Å². The number of phenols is 2. The van der Waals surface area contributed by atoms with E-state index in [1.807, 2.05) is 6.07 Å². The highest BCUT2D eigenvalue weighted by Crippen LogP contribution is 2.45. The first kappa shape index (κ1) is 13.2. The van der Waals surface area contributed by atoms with E-state index < -0.39 is 0 Å². The van der Waals surface area contributed by atoms with Crippen LogP contribution in [-0.4, -0.2) is 30.0 Å². The van der Waals surface area contributed by atoms with Crippen molar-refractivity contribution in [2.45, 2.75) is 31.9 Å². The lowest BCUT2D eigenvalue weighted by atomic mass is 9.39. The summed E-state index contributed by atoms with van der Waals surface area (Å²) in [5, 5.41) is 28.0. The monoisotopic (exact) mass is 270 g/mol. The quantitative estimate of drug-likeness (QED) is 0.608. The molecule has 0 radical (unpaired) electrons. The van der Waals surface area contributed by atoms with Gasteiger partial charge in [-0.3, -0.25) is 0 Å². The number of phenolic OH excluding ortho intramolecular Hbond substituents is 2. The van der Waals surface area contributed by atoms with Gasteiger partial charge in [0.1, 0.15) is 0 Å². The fourth-order valence-corrected chi connectivity index (χ4v) is 3.63. The first-order chi connectivity index (χ1) is 9.62. The van der Waals surface area contributed by atoms with E-state index in [9.17, 15) is 10.2 Å². The zero-order valence-electron chi connectivity index (χ0n) is 11.5. The van der Waals surface area contributed by atoms with Crippen LogP contribution in [0.5, 0.6) is 11.5 Å². The van der Waals surface area contributed by atoms with Gasteiger partial charge in [0, 0.05) is 30.8 Å². The molecule has 2 saturated heterocycles. The largest absolute Gasteiger partial charge is 0.504 e. The van der Waals surface area contributed by atoms with Crippen molar-refractivity contribution in [3.05, 3.63) is 18.2 Å². The Hall–Kier alpha value is -1.83. The SMILES string of the molecule is N#CB1CCC2(CC1)CCN(c1ccc(O)c(O)c1)C2. The molecular formula is C15H19BN2O2. The van der Waals surface area contributed by atoms with Crippen molar-refractivity contribution in [2.75, 3.05) is 18.0 Å². The number of hydrogen-bond donors (Lipinski definition) is 2. The molecule has 0 amide bonds. The summed E-state index contributed by atoms with van der Waals surface area (Å²) < 4.78 is 0. The van der Waals surface area contributed by atoms with Crippen LogP contribution in [0, 0.1) is 16.6 Å². The molecule has 1 aromatic rings. The van der Waals surface area contributed by atoms with E-state index in [0.717, 1.165) is 50.7 Å². The van der Waals surface area contributed by atoms with Gasteiger partial charge in [0.25, 0.3) is 6.71 Å². The van der Waals surface area contributed by atoms with Crippen molar-refractivity contribution < 1.29 is 10.2 Å². The van der Waals surface area contributed by atoms with E-state index >= 15 is 0 Å². The maximum atomic E-state index is 9.62. The standard InChI is InChI=1S/C15H19BN2O2/c17-11-16-6-3-15(4-7-16)5-8-18(10-15)12-1-2-13(19)14(20)9-12/h1-2,9,19-20H,3-8,10H2. The highest BCUT2D eigenvalue weighted by molar-refractivity contribution is 6.67. The maximum Gasteiger partial charge on any atom is 0.267 e. The molecule has 2 aliphatic rings. The minimum absolute atomic E-state index is 0.0587. The number of nitriles is 1. The first-order valence-corrected chi connectivity index (χ1v) is 7.28. The molecule has 2 aliphatic heterocycles. The van der Waals surface area contributed by atoms with Gasteiger partial charge in [-0.1, -0.05) is 25.5 Å². The van der Waals surface area contributed by atoms with Gasteiger partial charge >= 0.3 is 0 Å². The van der Waals surface area contributed by atoms with Gasteiger partial charge in [-0.15, -0.1) is 0 Å². The molecule has 0 saturated carbocycles. The predicted octanol–water partition coefficient (Wildman–Crippen LogP) is 2.65. The summed E-state index contributed by atoms with van der Waals surface area (Å²) in [6, 6.07) is 5.03. The molecule has 0 atom stereocenters. The van der Waals surface area contributed by atoms with Crippen molar-refractivity contribution in [1.82, 2.24) is 0 Å². The zero-order chi connectivity index (χ0) is 14.2. The van der Waals surface area contributed by atoms with Crippen molar-refractivity contribution in [2.24, 2.45) is 5.41 Å². The van der Waals surface area contributed by atoms with Gasteiger partial charge in [0.2, 0.25) is 0 Å². The van der Waals surface area contributed by atoms with E-state index in [1.54, 1.807) is 12.1 Å². The fourth-order valence-electron chi connectivity index (χ4n) is 3.63. The molecule has 104 valence electrons. The molecule has 1 aromatic carbocycles. The third kappa shape index (κ3) is 2.31. The van der Waals surface area contributed by atoms with E-state index in [4.69, 9.17) is 5.26 Å². The molecule has 0 bridgehead atoms. The van der Waals surface area contributed by atoms with Crippen LogP contribution in [0.25, 0.3) is 0 Å². The van der Waals surface area contributed by atoms with Crippen molar-refractivity contribution >= 4 is 12.4 Å². The van der Waals surface area contributed by atoms with Crippen LogP contribution in [0.15, 0.2) is 18.2 Å². The van der Waals surface area contributed by atoms with Gasteiger partial charge in [-0.05, 0) is 24.0 Å². The van der Waals surface area contributed by atoms with E-state index in [0.29, 0.717) is 5.41 Å². The number of benzene rings is 1. The van der Waals surface area contributed by atoms with Crippen LogP contribution in [0.4, 0.5) is 5.69 Å². The zero-order valence-corrected chi connectivity index (χ0v) is 11.5. The van der Waals surface area contributed by atoms with Gasteiger partial charge in [-0.2, -0.15) is 0 Å². The maximum absolute atomic E-state index is 9.62. The minimum Gasteiger partial charge on any atom is -0.504 e. The molecule has 3 rings (SSSR count).